The normalized spacial score (nSPS) is 16.4. The van der Waals surface area contributed by atoms with Crippen LogP contribution in [0.2, 0.25) is 0 Å². The number of aryl methyl sites for hydroxylation is 1. The highest BCUT2D eigenvalue weighted by Crippen LogP contribution is 2.36. The van der Waals surface area contributed by atoms with Crippen molar-refractivity contribution in [2.24, 2.45) is 5.92 Å². The maximum Gasteiger partial charge on any atom is 0.267 e. The summed E-state index contributed by atoms with van der Waals surface area (Å²) in [5.41, 5.74) is 4.18. The fourth-order valence-corrected chi connectivity index (χ4v) is 5.64. The van der Waals surface area contributed by atoms with E-state index in [0.717, 1.165) is 54.8 Å². The van der Waals surface area contributed by atoms with Gasteiger partial charge in [0.15, 0.2) is 5.16 Å². The van der Waals surface area contributed by atoms with Crippen LogP contribution in [0.3, 0.4) is 0 Å². The lowest BCUT2D eigenvalue weighted by Gasteiger charge is -2.26. The minimum Gasteiger partial charge on any atom is -0.372 e. The average molecular weight is 427 g/mol. The van der Waals surface area contributed by atoms with Gasteiger partial charge in [-0.3, -0.25) is 9.36 Å². The molecule has 1 aliphatic heterocycles. The highest BCUT2D eigenvalue weighted by atomic mass is 32.2. The second-order valence-corrected chi connectivity index (χ2v) is 10.1. The molecule has 4 rings (SSSR count). The number of ether oxygens (including phenoxy) is 1. The van der Waals surface area contributed by atoms with Crippen molar-refractivity contribution in [2.75, 3.05) is 5.75 Å². The van der Waals surface area contributed by atoms with E-state index in [1.54, 1.807) is 27.7 Å². The van der Waals surface area contributed by atoms with E-state index >= 15 is 0 Å². The SMILES string of the molecule is C=C(C)CSc1nc2sc3c(c2c(=O)n1-c1cccc(C)c1)C[C@@H](C(C)C)OC3. The van der Waals surface area contributed by atoms with Crippen LogP contribution < -0.4 is 5.56 Å². The summed E-state index contributed by atoms with van der Waals surface area (Å²) in [5, 5.41) is 1.48. The largest absolute Gasteiger partial charge is 0.372 e. The lowest BCUT2D eigenvalue weighted by molar-refractivity contribution is 0.00200. The van der Waals surface area contributed by atoms with Gasteiger partial charge in [-0.2, -0.15) is 0 Å². The minimum absolute atomic E-state index is 0.0201. The van der Waals surface area contributed by atoms with Crippen LogP contribution in [-0.4, -0.2) is 21.4 Å². The smallest absolute Gasteiger partial charge is 0.267 e. The Kier molecular flexibility index (Phi) is 5.69. The predicted molar refractivity (Wildman–Crippen MR) is 123 cm³/mol. The van der Waals surface area contributed by atoms with E-state index in [0.29, 0.717) is 12.5 Å². The number of rotatable bonds is 5. The predicted octanol–water partition coefficient (Wildman–Crippen LogP) is 5.52. The maximum atomic E-state index is 13.8. The third-order valence-corrected chi connectivity index (χ3v) is 7.43. The zero-order valence-electron chi connectivity index (χ0n) is 17.3. The number of hydrogen-bond acceptors (Lipinski definition) is 5. The van der Waals surface area contributed by atoms with Gasteiger partial charge in [0.1, 0.15) is 4.83 Å². The van der Waals surface area contributed by atoms with Crippen LogP contribution >= 0.6 is 23.1 Å². The molecule has 4 nitrogen and oxygen atoms in total. The van der Waals surface area contributed by atoms with Gasteiger partial charge in [-0.05, 0) is 43.0 Å². The molecule has 152 valence electrons. The molecular formula is C23H26N2O2S2. The van der Waals surface area contributed by atoms with Gasteiger partial charge < -0.3 is 4.74 Å². The molecule has 0 spiro atoms. The molecule has 3 aromatic rings. The number of thioether (sulfide) groups is 1. The van der Waals surface area contributed by atoms with E-state index in [9.17, 15) is 4.79 Å². The molecule has 0 fully saturated rings. The minimum atomic E-state index is 0.0201. The molecule has 0 bridgehead atoms. The third kappa shape index (κ3) is 3.93. The molecule has 0 radical (unpaired) electrons. The summed E-state index contributed by atoms with van der Waals surface area (Å²) in [6.45, 7) is 12.9. The maximum absolute atomic E-state index is 13.8. The first-order chi connectivity index (χ1) is 13.8. The zero-order valence-corrected chi connectivity index (χ0v) is 19.0. The van der Waals surface area contributed by atoms with Crippen molar-refractivity contribution in [2.45, 2.75) is 52.0 Å². The number of fused-ring (bicyclic) bond motifs is 3. The zero-order chi connectivity index (χ0) is 20.7. The van der Waals surface area contributed by atoms with E-state index in [1.165, 1.54) is 0 Å². The quantitative estimate of drug-likeness (QED) is 0.306. The van der Waals surface area contributed by atoms with Crippen LogP contribution in [-0.2, 0) is 17.8 Å². The summed E-state index contributed by atoms with van der Waals surface area (Å²) in [5.74, 6) is 1.14. The summed E-state index contributed by atoms with van der Waals surface area (Å²) < 4.78 is 7.81. The summed E-state index contributed by atoms with van der Waals surface area (Å²) in [4.78, 5) is 20.7. The Morgan fingerprint density at radius 2 is 2.24 bits per heavy atom. The first kappa shape index (κ1) is 20.4. The molecule has 0 aliphatic carbocycles. The van der Waals surface area contributed by atoms with Gasteiger partial charge in [-0.25, -0.2) is 4.98 Å². The van der Waals surface area contributed by atoms with Crippen molar-refractivity contribution in [1.29, 1.82) is 0 Å². The Morgan fingerprint density at radius 3 is 2.93 bits per heavy atom. The molecule has 2 aromatic heterocycles. The topological polar surface area (TPSA) is 44.1 Å². The van der Waals surface area contributed by atoms with E-state index < -0.39 is 0 Å². The second-order valence-electron chi connectivity index (χ2n) is 8.10. The highest BCUT2D eigenvalue weighted by molar-refractivity contribution is 7.99. The molecule has 0 saturated heterocycles. The average Bonchev–Trinajstić information content (AvgIpc) is 3.04. The molecule has 1 aliphatic rings. The first-order valence-electron chi connectivity index (χ1n) is 9.88. The molecular weight excluding hydrogens is 400 g/mol. The summed E-state index contributed by atoms with van der Waals surface area (Å²) in [6, 6.07) is 8.04. The molecule has 3 heterocycles. The van der Waals surface area contributed by atoms with E-state index in [-0.39, 0.29) is 11.7 Å². The van der Waals surface area contributed by atoms with Gasteiger partial charge in [0.05, 0.1) is 23.8 Å². The Balaban J connectivity index is 1.94. The van der Waals surface area contributed by atoms with Gasteiger partial charge in [0, 0.05) is 17.1 Å². The Labute approximate surface area is 179 Å². The van der Waals surface area contributed by atoms with Crippen LogP contribution in [0, 0.1) is 12.8 Å². The van der Waals surface area contributed by atoms with Gasteiger partial charge in [0.25, 0.3) is 5.56 Å². The van der Waals surface area contributed by atoms with E-state index in [1.807, 2.05) is 38.1 Å². The molecule has 0 unspecified atom stereocenters. The molecule has 1 aromatic carbocycles. The molecule has 6 heteroatoms. The Hall–Kier alpha value is -1.89. The molecule has 29 heavy (non-hydrogen) atoms. The fourth-order valence-electron chi connectivity index (χ4n) is 3.62. The fraction of sp³-hybridized carbons (Fsp3) is 0.391. The Morgan fingerprint density at radius 1 is 1.45 bits per heavy atom. The summed E-state index contributed by atoms with van der Waals surface area (Å²) in [6.07, 6.45) is 0.917. The molecule has 0 saturated carbocycles. The van der Waals surface area contributed by atoms with Crippen molar-refractivity contribution < 1.29 is 4.74 Å². The van der Waals surface area contributed by atoms with Crippen molar-refractivity contribution in [3.63, 3.8) is 0 Å². The Bertz CT molecular complexity index is 1140. The van der Waals surface area contributed by atoms with Crippen molar-refractivity contribution in [1.82, 2.24) is 9.55 Å². The molecule has 1 atom stereocenters. The monoisotopic (exact) mass is 426 g/mol. The van der Waals surface area contributed by atoms with Gasteiger partial charge in [-0.1, -0.05) is 49.9 Å². The number of thiophene rings is 1. The highest BCUT2D eigenvalue weighted by Gasteiger charge is 2.28. The standard InChI is InChI=1S/C23H26N2O2S2/c1-13(2)12-28-23-24-21-20(17-10-18(14(3)4)27-11-19(17)29-21)22(26)25(23)16-8-6-7-15(5)9-16/h6-9,14,18H,1,10-12H2,2-5H3/t18-/m0/s1. The molecule has 0 N–H and O–H groups in total. The van der Waals surface area contributed by atoms with E-state index in [2.05, 4.69) is 20.4 Å². The second kappa shape index (κ2) is 8.09. The van der Waals surface area contributed by atoms with Crippen molar-refractivity contribution in [3.8, 4) is 5.69 Å². The van der Waals surface area contributed by atoms with Gasteiger partial charge in [0.2, 0.25) is 0 Å². The van der Waals surface area contributed by atoms with Gasteiger partial charge in [-0.15, -0.1) is 11.3 Å². The van der Waals surface area contributed by atoms with Crippen LogP contribution in [0.4, 0.5) is 0 Å². The van der Waals surface area contributed by atoms with Gasteiger partial charge >= 0.3 is 0 Å². The van der Waals surface area contributed by atoms with Crippen LogP contribution in [0.15, 0.2) is 46.4 Å². The van der Waals surface area contributed by atoms with Crippen LogP contribution in [0.5, 0.6) is 0 Å². The van der Waals surface area contributed by atoms with Crippen molar-refractivity contribution >= 4 is 33.3 Å². The van der Waals surface area contributed by atoms with Crippen LogP contribution in [0.25, 0.3) is 15.9 Å². The number of hydrogen-bond donors (Lipinski definition) is 0. The number of benzene rings is 1. The van der Waals surface area contributed by atoms with E-state index in [4.69, 9.17) is 9.72 Å². The lowest BCUT2D eigenvalue weighted by atomic mass is 9.96. The first-order valence-corrected chi connectivity index (χ1v) is 11.7. The third-order valence-electron chi connectivity index (χ3n) is 5.16. The summed E-state index contributed by atoms with van der Waals surface area (Å²) in [7, 11) is 0. The van der Waals surface area contributed by atoms with Crippen LogP contribution in [0.1, 0.15) is 36.8 Å². The lowest BCUT2D eigenvalue weighted by Crippen LogP contribution is -2.28. The number of aromatic nitrogens is 2. The molecule has 0 amide bonds. The summed E-state index contributed by atoms with van der Waals surface area (Å²) >= 11 is 3.16. The number of nitrogens with zero attached hydrogens (tertiary/aromatic N) is 2. The van der Waals surface area contributed by atoms with Crippen molar-refractivity contribution in [3.05, 3.63) is 62.8 Å².